The molecule has 1 amide bonds. The molecular weight excluding hydrogens is 520 g/mol. The molecule has 0 radical (unpaired) electrons. The van der Waals surface area contributed by atoms with Crippen LogP contribution in [0.1, 0.15) is 65.0 Å². The van der Waals surface area contributed by atoms with E-state index in [-0.39, 0.29) is 34.0 Å². The highest BCUT2D eigenvalue weighted by Crippen LogP contribution is 2.55. The van der Waals surface area contributed by atoms with Gasteiger partial charge in [-0.1, -0.05) is 15.9 Å². The highest BCUT2D eigenvalue weighted by atomic mass is 79.9. The lowest BCUT2D eigenvalue weighted by Crippen LogP contribution is -2.57. The van der Waals surface area contributed by atoms with Crippen LogP contribution in [0, 0.1) is 11.3 Å². The van der Waals surface area contributed by atoms with Gasteiger partial charge in [-0.2, -0.15) is 0 Å². The molecule has 1 aromatic rings. The Hall–Kier alpha value is -1.02. The molecule has 1 spiro atoms. The quantitative estimate of drug-likeness (QED) is 0.456. The van der Waals surface area contributed by atoms with Crippen LogP contribution in [0.4, 0.5) is 4.79 Å². The van der Waals surface area contributed by atoms with Crippen molar-refractivity contribution in [3.05, 3.63) is 28.2 Å². The lowest BCUT2D eigenvalue weighted by Gasteiger charge is -2.54. The summed E-state index contributed by atoms with van der Waals surface area (Å²) in [4.78, 5) is 14.2. The van der Waals surface area contributed by atoms with Gasteiger partial charge in [0, 0.05) is 52.4 Å². The minimum atomic E-state index is -0.387. The smallest absolute Gasteiger partial charge is 0.409 e. The highest BCUT2D eigenvalue weighted by Gasteiger charge is 2.54. The number of fused-ring (bicyclic) bond motifs is 3. The third-order valence-electron chi connectivity index (χ3n) is 7.55. The molecule has 4 rings (SSSR count). The first-order valence-electron chi connectivity index (χ1n) is 12.5. The predicted octanol–water partition coefficient (Wildman–Crippen LogP) is 5.91. The maximum atomic E-state index is 12.6. The minimum Gasteiger partial charge on any atom is -0.487 e. The number of hydrogen-bond acceptors (Lipinski definition) is 5. The van der Waals surface area contributed by atoms with Gasteiger partial charge in [-0.25, -0.2) is 4.79 Å². The lowest BCUT2D eigenvalue weighted by molar-refractivity contribution is -0.172. The van der Waals surface area contributed by atoms with E-state index < -0.39 is 0 Å². The van der Waals surface area contributed by atoms with Gasteiger partial charge in [0.05, 0.1) is 19.3 Å². The third-order valence-corrected chi connectivity index (χ3v) is 8.23. The molecule has 4 atom stereocenters. The summed E-state index contributed by atoms with van der Waals surface area (Å²) in [7, 11) is 0. The number of benzene rings is 1. The molecule has 0 bridgehead atoms. The monoisotopic (exact) mass is 556 g/mol. The normalized spacial score (nSPS) is 31.3. The molecule has 8 heteroatoms. The Morgan fingerprint density at radius 2 is 2.21 bits per heavy atom. The number of nitrogens with zero attached hydrogens (tertiary/aromatic N) is 1. The van der Waals surface area contributed by atoms with E-state index in [0.29, 0.717) is 26.3 Å². The average Bonchev–Trinajstić information content (AvgIpc) is 2.97. The van der Waals surface area contributed by atoms with E-state index in [0.717, 1.165) is 54.6 Å². The number of halogens is 2. The number of carbonyl (C=O) groups excluding carboxylic acids is 1. The van der Waals surface area contributed by atoms with Crippen LogP contribution >= 0.6 is 27.5 Å². The van der Waals surface area contributed by atoms with Crippen LogP contribution in [0.5, 0.6) is 5.75 Å². The number of ether oxygens (including phenoxy) is 3. The van der Waals surface area contributed by atoms with Gasteiger partial charge in [0.15, 0.2) is 0 Å². The largest absolute Gasteiger partial charge is 0.487 e. The Labute approximate surface area is 217 Å². The van der Waals surface area contributed by atoms with Gasteiger partial charge in [0.2, 0.25) is 0 Å². The van der Waals surface area contributed by atoms with Crippen molar-refractivity contribution >= 4 is 33.6 Å². The first kappa shape index (κ1) is 26.1. The van der Waals surface area contributed by atoms with E-state index in [1.165, 1.54) is 0 Å². The summed E-state index contributed by atoms with van der Waals surface area (Å²) in [6.07, 6.45) is 3.42. The number of amides is 1. The van der Waals surface area contributed by atoms with Crippen molar-refractivity contribution in [2.75, 3.05) is 39.4 Å². The zero-order chi connectivity index (χ0) is 24.6. The fraction of sp³-hybridized carbons (Fsp3) is 0.731. The second kappa shape index (κ2) is 10.2. The topological polar surface area (TPSA) is 60.0 Å². The summed E-state index contributed by atoms with van der Waals surface area (Å²) < 4.78 is 19.8. The molecular formula is C26H38BrClN2O4. The summed E-state index contributed by atoms with van der Waals surface area (Å²) in [6, 6.07) is 6.20. The summed E-state index contributed by atoms with van der Waals surface area (Å²) in [6.45, 7) is 12.0. The summed E-state index contributed by atoms with van der Waals surface area (Å²) >= 11 is 10.1. The number of carbonyl (C=O) groups is 1. The average molecular weight is 558 g/mol. The molecule has 0 saturated carbocycles. The molecule has 34 heavy (non-hydrogen) atoms. The van der Waals surface area contributed by atoms with Crippen LogP contribution < -0.4 is 10.1 Å². The Morgan fingerprint density at radius 3 is 2.94 bits per heavy atom. The van der Waals surface area contributed by atoms with Crippen LogP contribution in [0.2, 0.25) is 0 Å². The van der Waals surface area contributed by atoms with Crippen LogP contribution in [0.15, 0.2) is 22.7 Å². The first-order chi connectivity index (χ1) is 16.0. The minimum absolute atomic E-state index is 0.0415. The Bertz CT molecular complexity index is 894. The molecule has 3 aliphatic rings. The zero-order valence-corrected chi connectivity index (χ0v) is 23.1. The van der Waals surface area contributed by atoms with Crippen LogP contribution in [-0.4, -0.2) is 60.9 Å². The second-order valence-electron chi connectivity index (χ2n) is 11.0. The van der Waals surface area contributed by atoms with Crippen molar-refractivity contribution in [2.45, 2.75) is 70.0 Å². The van der Waals surface area contributed by atoms with Gasteiger partial charge in [-0.3, -0.25) is 0 Å². The van der Waals surface area contributed by atoms with Crippen LogP contribution in [-0.2, 0) is 9.47 Å². The van der Waals surface area contributed by atoms with Gasteiger partial charge in [-0.05, 0) is 71.6 Å². The highest BCUT2D eigenvalue weighted by molar-refractivity contribution is 9.10. The SMILES string of the molecule is CCOC(=O)N1CCNCC2(CO[C@H]3c4cc(Br)ccc4O[C@@](C)(CCCC(C)(C)Cl)[C@@H]3C2)C1. The van der Waals surface area contributed by atoms with E-state index in [4.69, 9.17) is 25.8 Å². The van der Waals surface area contributed by atoms with Gasteiger partial charge in [0.1, 0.15) is 11.4 Å². The molecule has 0 aromatic heterocycles. The van der Waals surface area contributed by atoms with E-state index >= 15 is 0 Å². The molecule has 1 N–H and O–H groups in total. The molecule has 0 aliphatic carbocycles. The number of nitrogens with one attached hydrogen (secondary N) is 1. The molecule has 3 aliphatic heterocycles. The first-order valence-corrected chi connectivity index (χ1v) is 13.6. The van der Waals surface area contributed by atoms with E-state index in [9.17, 15) is 4.79 Å². The maximum absolute atomic E-state index is 12.6. The molecule has 3 heterocycles. The lowest BCUT2D eigenvalue weighted by atomic mass is 9.65. The summed E-state index contributed by atoms with van der Waals surface area (Å²) in [5.74, 6) is 1.06. The zero-order valence-electron chi connectivity index (χ0n) is 20.8. The van der Waals surface area contributed by atoms with Gasteiger partial charge in [-0.15, -0.1) is 11.6 Å². The van der Waals surface area contributed by atoms with Crippen molar-refractivity contribution in [3.63, 3.8) is 0 Å². The van der Waals surface area contributed by atoms with Gasteiger partial charge >= 0.3 is 6.09 Å². The number of rotatable bonds is 5. The summed E-state index contributed by atoms with van der Waals surface area (Å²) in [5.41, 5.74) is 0.528. The number of alkyl halides is 1. The van der Waals surface area contributed by atoms with E-state index in [2.05, 4.69) is 48.1 Å². The fourth-order valence-corrected chi connectivity index (χ4v) is 6.34. The van der Waals surface area contributed by atoms with Crippen LogP contribution in [0.3, 0.4) is 0 Å². The molecule has 1 unspecified atom stereocenters. The Morgan fingerprint density at radius 1 is 1.41 bits per heavy atom. The van der Waals surface area contributed by atoms with Crippen molar-refractivity contribution in [1.29, 1.82) is 0 Å². The van der Waals surface area contributed by atoms with Crippen molar-refractivity contribution < 1.29 is 19.0 Å². The summed E-state index contributed by atoms with van der Waals surface area (Å²) in [5, 5.41) is 3.55. The molecule has 1 aromatic carbocycles. The van der Waals surface area contributed by atoms with Gasteiger partial charge in [0.25, 0.3) is 0 Å². The molecule has 6 nitrogen and oxygen atoms in total. The van der Waals surface area contributed by atoms with Crippen LogP contribution in [0.25, 0.3) is 0 Å². The van der Waals surface area contributed by atoms with Crippen molar-refractivity contribution in [2.24, 2.45) is 11.3 Å². The Kier molecular flexibility index (Phi) is 7.78. The second-order valence-corrected chi connectivity index (χ2v) is 12.9. The molecule has 190 valence electrons. The van der Waals surface area contributed by atoms with Crippen molar-refractivity contribution in [1.82, 2.24) is 10.2 Å². The Balaban J connectivity index is 1.63. The molecule has 2 saturated heterocycles. The van der Waals surface area contributed by atoms with Gasteiger partial charge < -0.3 is 24.4 Å². The molecule has 2 fully saturated rings. The fourth-order valence-electron chi connectivity index (χ4n) is 5.83. The third kappa shape index (κ3) is 5.69. The predicted molar refractivity (Wildman–Crippen MR) is 138 cm³/mol. The standard InChI is InChI=1S/C26H38BrClN2O4/c1-5-32-23(31)30-12-11-29-15-26(16-30)14-20-22(33-17-26)19-13-18(27)7-8-21(19)34-25(20,4)10-6-9-24(2,3)28/h7-8,13,20,22,29H,5-6,9-12,14-17H2,1-4H3/t20-,22+,25+,26?/m1/s1. The van der Waals surface area contributed by atoms with Crippen molar-refractivity contribution in [3.8, 4) is 5.75 Å². The van der Waals surface area contributed by atoms with E-state index in [1.807, 2.05) is 24.0 Å². The number of hydrogen-bond donors (Lipinski definition) is 1. The van der Waals surface area contributed by atoms with E-state index in [1.54, 1.807) is 0 Å². The maximum Gasteiger partial charge on any atom is 0.409 e.